The molecule has 8 rings (SSSR count). The van der Waals surface area contributed by atoms with Crippen molar-refractivity contribution in [2.45, 2.75) is 49.2 Å². The highest BCUT2D eigenvalue weighted by Gasteiger charge is 2.48. The van der Waals surface area contributed by atoms with E-state index in [-0.39, 0.29) is 10.7 Å². The Morgan fingerprint density at radius 2 is 1.63 bits per heavy atom. The maximum atomic E-state index is 5.38. The fraction of sp³-hybridized carbons (Fsp3) is 0.243. The molecule has 3 nitrogen and oxygen atoms in total. The molecule has 4 aromatic rings. The molecule has 4 aliphatic rings. The molecule has 3 aliphatic carbocycles. The lowest BCUT2D eigenvalue weighted by molar-refractivity contribution is 0.559. The maximum Gasteiger partial charge on any atom is 0.235 e. The standard InChI is InChI=1S/C37H33N3S/c1-23-10-9-13-26(20-23)31-22-30(25-11-5-4-6-12-25)38-36(39-31)40-32-21-24(2)16-17-27(32)28-18-19-37(3)29-14-7-8-15-33(29)41-35(37)34(28)40/h4-19,22-24,35H,20-21H2,1-3H3. The molecule has 4 unspecified atom stereocenters. The lowest BCUT2D eigenvalue weighted by Gasteiger charge is -2.33. The van der Waals surface area contributed by atoms with Crippen LogP contribution >= 0.6 is 11.8 Å². The Kier molecular flexibility index (Phi) is 5.65. The van der Waals surface area contributed by atoms with E-state index < -0.39 is 0 Å². The highest BCUT2D eigenvalue weighted by atomic mass is 32.2. The van der Waals surface area contributed by atoms with Gasteiger partial charge in [0.2, 0.25) is 5.95 Å². The van der Waals surface area contributed by atoms with Crippen LogP contribution in [0.4, 0.5) is 0 Å². The van der Waals surface area contributed by atoms with Crippen molar-refractivity contribution in [2.24, 2.45) is 11.8 Å². The fourth-order valence-corrected chi connectivity index (χ4v) is 8.65. The highest BCUT2D eigenvalue weighted by Crippen LogP contribution is 2.62. The summed E-state index contributed by atoms with van der Waals surface area (Å²) in [7, 11) is 0. The van der Waals surface area contributed by atoms with Crippen LogP contribution < -0.4 is 0 Å². The van der Waals surface area contributed by atoms with Crippen LogP contribution in [0.5, 0.6) is 0 Å². The predicted octanol–water partition coefficient (Wildman–Crippen LogP) is 9.25. The number of hydrogen-bond donors (Lipinski definition) is 0. The van der Waals surface area contributed by atoms with E-state index in [0.29, 0.717) is 11.8 Å². The summed E-state index contributed by atoms with van der Waals surface area (Å²) in [4.78, 5) is 12.1. The largest absolute Gasteiger partial charge is 0.284 e. The molecule has 0 radical (unpaired) electrons. The average Bonchev–Trinajstić information content (AvgIpc) is 3.49. The number of benzene rings is 2. The Morgan fingerprint density at radius 3 is 2.49 bits per heavy atom. The second kappa shape index (κ2) is 9.32. The number of allylic oxidation sites excluding steroid dienone is 6. The van der Waals surface area contributed by atoms with Crippen LogP contribution in [-0.2, 0) is 11.8 Å². The van der Waals surface area contributed by atoms with E-state index in [4.69, 9.17) is 9.97 Å². The van der Waals surface area contributed by atoms with Gasteiger partial charge in [0.15, 0.2) is 0 Å². The predicted molar refractivity (Wildman–Crippen MR) is 171 cm³/mol. The van der Waals surface area contributed by atoms with Gasteiger partial charge in [-0.15, -0.1) is 11.8 Å². The van der Waals surface area contributed by atoms with Crippen LogP contribution in [0.2, 0.25) is 0 Å². The molecule has 0 N–H and O–H groups in total. The second-order valence-electron chi connectivity index (χ2n) is 12.2. The summed E-state index contributed by atoms with van der Waals surface area (Å²) < 4.78 is 2.45. The zero-order valence-corrected chi connectivity index (χ0v) is 24.5. The van der Waals surface area contributed by atoms with Crippen molar-refractivity contribution in [3.8, 4) is 17.2 Å². The molecule has 1 aliphatic heterocycles. The number of aromatic nitrogens is 3. The van der Waals surface area contributed by atoms with Crippen LogP contribution in [0, 0.1) is 11.8 Å². The third-order valence-corrected chi connectivity index (χ3v) is 10.7. The smallest absolute Gasteiger partial charge is 0.235 e. The van der Waals surface area contributed by atoms with Gasteiger partial charge in [0.1, 0.15) is 0 Å². The maximum absolute atomic E-state index is 5.38. The van der Waals surface area contributed by atoms with Crippen LogP contribution in [0.15, 0.2) is 95.9 Å². The van der Waals surface area contributed by atoms with Crippen molar-refractivity contribution in [1.82, 2.24) is 14.5 Å². The summed E-state index contributed by atoms with van der Waals surface area (Å²) >= 11 is 2.00. The number of rotatable bonds is 3. The Bertz CT molecular complexity index is 1820. The molecule has 0 spiro atoms. The first-order chi connectivity index (χ1) is 20.0. The molecular formula is C37H33N3S. The molecule has 0 fully saturated rings. The minimum absolute atomic E-state index is 0.0890. The lowest BCUT2D eigenvalue weighted by Crippen LogP contribution is -2.27. The minimum atomic E-state index is -0.0890. The summed E-state index contributed by atoms with van der Waals surface area (Å²) in [5.74, 6) is 1.75. The third-order valence-electron chi connectivity index (χ3n) is 9.19. The average molecular weight is 552 g/mol. The van der Waals surface area contributed by atoms with Gasteiger partial charge in [0, 0.05) is 38.4 Å². The molecule has 0 bridgehead atoms. The molecular weight excluding hydrogens is 518 g/mol. The first kappa shape index (κ1) is 24.9. The zero-order chi connectivity index (χ0) is 27.7. The molecule has 0 saturated heterocycles. The van der Waals surface area contributed by atoms with Gasteiger partial charge in [0.05, 0.1) is 16.6 Å². The van der Waals surface area contributed by atoms with E-state index in [1.807, 2.05) is 11.8 Å². The molecule has 41 heavy (non-hydrogen) atoms. The van der Waals surface area contributed by atoms with Gasteiger partial charge >= 0.3 is 0 Å². The SMILES string of the molecule is CC1C=CC=C(c2cc(-c3ccccc3)nc(-n3c4c(c5c3C3Sc6ccccc6C3(C)C=C5)C=CC(C)C4)n2)C1. The van der Waals surface area contributed by atoms with E-state index in [2.05, 4.69) is 129 Å². The van der Waals surface area contributed by atoms with Crippen molar-refractivity contribution in [3.63, 3.8) is 0 Å². The van der Waals surface area contributed by atoms with Gasteiger partial charge in [0.25, 0.3) is 0 Å². The van der Waals surface area contributed by atoms with Crippen LogP contribution in [0.25, 0.3) is 34.9 Å². The molecule has 3 heterocycles. The quantitative estimate of drug-likeness (QED) is 0.254. The number of nitrogens with zero attached hydrogens (tertiary/aromatic N) is 3. The highest BCUT2D eigenvalue weighted by molar-refractivity contribution is 8.00. The van der Waals surface area contributed by atoms with Crippen LogP contribution in [-0.4, -0.2) is 14.5 Å². The molecule has 202 valence electrons. The third kappa shape index (κ3) is 3.88. The molecule has 4 heteroatoms. The first-order valence-electron chi connectivity index (χ1n) is 14.7. The van der Waals surface area contributed by atoms with Gasteiger partial charge in [-0.3, -0.25) is 4.57 Å². The Hall–Kier alpha value is -3.89. The van der Waals surface area contributed by atoms with Crippen LogP contribution in [0.1, 0.15) is 66.2 Å². The summed E-state index contributed by atoms with van der Waals surface area (Å²) in [6, 6.07) is 21.7. The summed E-state index contributed by atoms with van der Waals surface area (Å²) in [5, 5.41) is 0.249. The van der Waals surface area contributed by atoms with Gasteiger partial charge in [-0.1, -0.05) is 112 Å². The van der Waals surface area contributed by atoms with Crippen molar-refractivity contribution in [3.05, 3.63) is 125 Å². The second-order valence-corrected chi connectivity index (χ2v) is 13.4. The van der Waals surface area contributed by atoms with E-state index in [0.717, 1.165) is 35.7 Å². The Labute approximate surface area is 246 Å². The van der Waals surface area contributed by atoms with E-state index >= 15 is 0 Å². The van der Waals surface area contributed by atoms with Crippen molar-refractivity contribution >= 4 is 29.5 Å². The minimum Gasteiger partial charge on any atom is -0.284 e. The number of fused-ring (bicyclic) bond motifs is 7. The molecule has 0 amide bonds. The Balaban J connectivity index is 1.40. The van der Waals surface area contributed by atoms with E-state index in [9.17, 15) is 0 Å². The van der Waals surface area contributed by atoms with E-state index in [1.54, 1.807) is 0 Å². The molecule has 4 atom stereocenters. The zero-order valence-electron chi connectivity index (χ0n) is 23.7. The van der Waals surface area contributed by atoms with Gasteiger partial charge in [-0.25, -0.2) is 9.97 Å². The molecule has 2 aromatic carbocycles. The van der Waals surface area contributed by atoms with Crippen molar-refractivity contribution in [2.75, 3.05) is 0 Å². The van der Waals surface area contributed by atoms with Gasteiger partial charge < -0.3 is 0 Å². The monoisotopic (exact) mass is 551 g/mol. The molecule has 0 saturated carbocycles. The summed E-state index contributed by atoms with van der Waals surface area (Å²) in [6.07, 6.45) is 18.2. The molecule has 2 aromatic heterocycles. The first-order valence-corrected chi connectivity index (χ1v) is 15.6. The van der Waals surface area contributed by atoms with Crippen molar-refractivity contribution in [1.29, 1.82) is 0 Å². The van der Waals surface area contributed by atoms with E-state index in [1.165, 1.54) is 38.5 Å². The van der Waals surface area contributed by atoms with Crippen LogP contribution in [0.3, 0.4) is 0 Å². The number of thioether (sulfide) groups is 1. The lowest BCUT2D eigenvalue weighted by atomic mass is 9.74. The fourth-order valence-electron chi connectivity index (χ4n) is 7.03. The van der Waals surface area contributed by atoms with Crippen molar-refractivity contribution < 1.29 is 0 Å². The van der Waals surface area contributed by atoms with Gasteiger partial charge in [-0.2, -0.15) is 0 Å². The topological polar surface area (TPSA) is 30.7 Å². The Morgan fingerprint density at radius 1 is 0.854 bits per heavy atom. The van der Waals surface area contributed by atoms with Gasteiger partial charge in [-0.05, 0) is 47.9 Å². The normalized spacial score (nSPS) is 25.3. The summed E-state index contributed by atoms with van der Waals surface area (Å²) in [6.45, 7) is 6.99. The number of hydrogen-bond acceptors (Lipinski definition) is 3. The summed E-state index contributed by atoms with van der Waals surface area (Å²) in [5.41, 5.74) is 11.0.